The molecule has 212 valence electrons. The standard InChI is InChI=1S/C29H27N3O8S/c33-26-25(19-21-11-13-24(14-12-21)41(36,37)38)27(40-29(35)30-15-17-39-18-16-30)31(20-22-7-3-1-4-8-22)28(34)32(26)23-9-5-2-6-10-23/h1-14H,15-20H2,(H,36,37,38). The Morgan fingerprint density at radius 2 is 1.46 bits per heavy atom. The summed E-state index contributed by atoms with van der Waals surface area (Å²) in [4.78, 5) is 42.3. The molecule has 1 saturated heterocycles. The lowest BCUT2D eigenvalue weighted by molar-refractivity contribution is 0.0406. The molecular formula is C29H27N3O8S. The molecule has 5 rings (SSSR count). The van der Waals surface area contributed by atoms with Crippen LogP contribution in [0.3, 0.4) is 0 Å². The Bertz CT molecular complexity index is 1760. The lowest BCUT2D eigenvalue weighted by atomic mass is 10.1. The molecule has 1 aliphatic rings. The molecule has 2 heterocycles. The SMILES string of the molecule is O=C(Oc1c(Cc2ccc(S(=O)(=O)O)cc2)c(=O)n(-c2ccccc2)c(=O)n1Cc1ccccc1)N1CCOCC1. The van der Waals surface area contributed by atoms with E-state index in [-0.39, 0.29) is 42.4 Å². The number of aromatic nitrogens is 2. The molecule has 1 fully saturated rings. The number of carbonyl (C=O) groups is 1. The summed E-state index contributed by atoms with van der Waals surface area (Å²) >= 11 is 0. The first kappa shape index (κ1) is 28.0. The van der Waals surface area contributed by atoms with Crippen LogP contribution in [0.4, 0.5) is 4.79 Å². The van der Waals surface area contributed by atoms with E-state index in [1.807, 2.05) is 30.3 Å². The molecule has 1 amide bonds. The van der Waals surface area contributed by atoms with Crippen molar-refractivity contribution in [3.63, 3.8) is 0 Å². The van der Waals surface area contributed by atoms with Gasteiger partial charge in [-0.15, -0.1) is 0 Å². The summed E-state index contributed by atoms with van der Waals surface area (Å²) in [6.45, 7) is 1.24. The van der Waals surface area contributed by atoms with Crippen LogP contribution in [0.25, 0.3) is 5.69 Å². The van der Waals surface area contributed by atoms with Crippen molar-refractivity contribution < 1.29 is 27.2 Å². The third kappa shape index (κ3) is 6.30. The van der Waals surface area contributed by atoms with E-state index >= 15 is 0 Å². The molecule has 0 bridgehead atoms. The molecule has 0 atom stereocenters. The molecule has 3 aromatic carbocycles. The van der Waals surface area contributed by atoms with Crippen LogP contribution in [0.1, 0.15) is 16.7 Å². The highest BCUT2D eigenvalue weighted by atomic mass is 32.2. The van der Waals surface area contributed by atoms with E-state index in [4.69, 9.17) is 9.47 Å². The van der Waals surface area contributed by atoms with Crippen molar-refractivity contribution in [2.24, 2.45) is 0 Å². The van der Waals surface area contributed by atoms with Gasteiger partial charge in [-0.25, -0.2) is 14.2 Å². The molecule has 11 nitrogen and oxygen atoms in total. The largest absolute Gasteiger partial charge is 0.416 e. The molecule has 0 aliphatic carbocycles. The molecule has 4 aromatic rings. The normalized spacial score (nSPS) is 13.6. The first-order chi connectivity index (χ1) is 19.7. The Balaban J connectivity index is 1.70. The third-order valence-electron chi connectivity index (χ3n) is 6.64. The highest BCUT2D eigenvalue weighted by Crippen LogP contribution is 2.22. The number of nitrogens with zero attached hydrogens (tertiary/aromatic N) is 3. The average molecular weight is 578 g/mol. The molecule has 0 saturated carbocycles. The number of ether oxygens (including phenoxy) is 2. The quantitative estimate of drug-likeness (QED) is 0.331. The minimum Gasteiger partial charge on any atom is -0.392 e. The average Bonchev–Trinajstić information content (AvgIpc) is 2.98. The number of carbonyl (C=O) groups excluding carboxylic acids is 1. The maximum atomic E-state index is 14.0. The monoisotopic (exact) mass is 577 g/mol. The maximum Gasteiger partial charge on any atom is 0.416 e. The zero-order chi connectivity index (χ0) is 29.0. The zero-order valence-corrected chi connectivity index (χ0v) is 22.7. The van der Waals surface area contributed by atoms with E-state index in [0.717, 1.165) is 10.1 Å². The van der Waals surface area contributed by atoms with Crippen LogP contribution >= 0.6 is 0 Å². The van der Waals surface area contributed by atoms with Gasteiger partial charge in [-0.3, -0.25) is 13.9 Å². The van der Waals surface area contributed by atoms with Crippen LogP contribution in [-0.4, -0.2) is 59.4 Å². The minimum atomic E-state index is -4.42. The van der Waals surface area contributed by atoms with Gasteiger partial charge in [-0.05, 0) is 35.4 Å². The van der Waals surface area contributed by atoms with E-state index in [0.29, 0.717) is 24.5 Å². The molecule has 1 aliphatic heterocycles. The predicted molar refractivity (Wildman–Crippen MR) is 149 cm³/mol. The highest BCUT2D eigenvalue weighted by Gasteiger charge is 2.27. The maximum absolute atomic E-state index is 14.0. The number of amides is 1. The predicted octanol–water partition coefficient (Wildman–Crippen LogP) is 2.72. The number of hydrogen-bond acceptors (Lipinski definition) is 7. The summed E-state index contributed by atoms with van der Waals surface area (Å²) in [5, 5.41) is 0. The Kier molecular flexibility index (Phi) is 8.15. The molecule has 1 aromatic heterocycles. The second-order valence-corrected chi connectivity index (χ2v) is 10.8. The lowest BCUT2D eigenvalue weighted by Crippen LogP contribution is -2.45. The van der Waals surface area contributed by atoms with E-state index < -0.39 is 27.5 Å². The van der Waals surface area contributed by atoms with Crippen LogP contribution in [0, 0.1) is 0 Å². The van der Waals surface area contributed by atoms with Crippen molar-refractivity contribution in [2.45, 2.75) is 17.9 Å². The van der Waals surface area contributed by atoms with Gasteiger partial charge in [0.2, 0.25) is 5.88 Å². The van der Waals surface area contributed by atoms with Gasteiger partial charge in [0.15, 0.2) is 0 Å². The minimum absolute atomic E-state index is 0.00715. The van der Waals surface area contributed by atoms with Gasteiger partial charge >= 0.3 is 11.8 Å². The summed E-state index contributed by atoms with van der Waals surface area (Å²) in [7, 11) is -4.42. The zero-order valence-electron chi connectivity index (χ0n) is 21.9. The fourth-order valence-corrected chi connectivity index (χ4v) is 5.02. The van der Waals surface area contributed by atoms with Crippen LogP contribution < -0.4 is 16.0 Å². The van der Waals surface area contributed by atoms with Crippen molar-refractivity contribution in [1.29, 1.82) is 0 Å². The van der Waals surface area contributed by atoms with E-state index in [9.17, 15) is 27.4 Å². The van der Waals surface area contributed by atoms with E-state index in [2.05, 4.69) is 0 Å². The summed E-state index contributed by atoms with van der Waals surface area (Å²) in [6, 6.07) is 22.8. The van der Waals surface area contributed by atoms with Crippen LogP contribution in [0.5, 0.6) is 5.88 Å². The highest BCUT2D eigenvalue weighted by molar-refractivity contribution is 7.85. The molecule has 0 unspecified atom stereocenters. The van der Waals surface area contributed by atoms with Gasteiger partial charge < -0.3 is 14.4 Å². The van der Waals surface area contributed by atoms with E-state index in [1.54, 1.807) is 30.3 Å². The van der Waals surface area contributed by atoms with Gasteiger partial charge in [-0.2, -0.15) is 8.42 Å². The summed E-state index contributed by atoms with van der Waals surface area (Å²) in [5.41, 5.74) is 0.195. The molecular weight excluding hydrogens is 550 g/mol. The van der Waals surface area contributed by atoms with Gasteiger partial charge in [-0.1, -0.05) is 60.7 Å². The second-order valence-electron chi connectivity index (χ2n) is 9.38. The Morgan fingerprint density at radius 1 is 0.854 bits per heavy atom. The summed E-state index contributed by atoms with van der Waals surface area (Å²) < 4.78 is 45.9. The van der Waals surface area contributed by atoms with Crippen LogP contribution in [0.15, 0.2) is 99.4 Å². The van der Waals surface area contributed by atoms with Crippen molar-refractivity contribution in [3.05, 3.63) is 122 Å². The summed E-state index contributed by atoms with van der Waals surface area (Å²) in [6.07, 6.45) is -0.826. The van der Waals surface area contributed by atoms with Crippen molar-refractivity contribution in [1.82, 2.24) is 14.0 Å². The number of para-hydroxylation sites is 1. The molecule has 0 spiro atoms. The molecule has 1 N–H and O–H groups in total. The van der Waals surface area contributed by atoms with Crippen molar-refractivity contribution >= 4 is 16.2 Å². The number of rotatable bonds is 7. The smallest absolute Gasteiger partial charge is 0.392 e. The van der Waals surface area contributed by atoms with Crippen molar-refractivity contribution in [3.8, 4) is 11.6 Å². The van der Waals surface area contributed by atoms with Gasteiger partial charge in [0.05, 0.1) is 35.9 Å². The Labute approximate surface area is 235 Å². The Hall–Kier alpha value is -4.52. The fraction of sp³-hybridized carbons (Fsp3) is 0.207. The fourth-order valence-electron chi connectivity index (χ4n) is 4.54. The van der Waals surface area contributed by atoms with Crippen LogP contribution in [0.2, 0.25) is 0 Å². The second kappa shape index (κ2) is 11.9. The van der Waals surface area contributed by atoms with Gasteiger partial charge in [0.1, 0.15) is 0 Å². The molecule has 0 radical (unpaired) electrons. The van der Waals surface area contributed by atoms with Crippen LogP contribution in [-0.2, 0) is 27.8 Å². The first-order valence-electron chi connectivity index (χ1n) is 12.8. The number of benzene rings is 3. The molecule has 12 heteroatoms. The topological polar surface area (TPSA) is 137 Å². The lowest BCUT2D eigenvalue weighted by Gasteiger charge is -2.27. The number of morpholine rings is 1. The number of hydrogen-bond donors (Lipinski definition) is 1. The van der Waals surface area contributed by atoms with Gasteiger partial charge in [0, 0.05) is 19.5 Å². The summed E-state index contributed by atoms with van der Waals surface area (Å²) in [5.74, 6) is -0.202. The van der Waals surface area contributed by atoms with E-state index in [1.165, 1.54) is 33.7 Å². The first-order valence-corrected chi connectivity index (χ1v) is 14.3. The molecule has 41 heavy (non-hydrogen) atoms. The Morgan fingerprint density at radius 3 is 2.07 bits per heavy atom. The van der Waals surface area contributed by atoms with Gasteiger partial charge in [0.25, 0.3) is 15.7 Å². The third-order valence-corrected chi connectivity index (χ3v) is 7.51. The van der Waals surface area contributed by atoms with Crippen molar-refractivity contribution in [2.75, 3.05) is 26.3 Å².